The number of carbonyl (C=O) groups is 1. The van der Waals surface area contributed by atoms with Crippen LogP contribution in [0.15, 0.2) is 90.0 Å². The fourth-order valence-electron chi connectivity index (χ4n) is 3.15. The number of anilines is 1. The van der Waals surface area contributed by atoms with Gasteiger partial charge in [-0.2, -0.15) is 0 Å². The summed E-state index contributed by atoms with van der Waals surface area (Å²) < 4.78 is 15.6. The molecule has 3 nitrogen and oxygen atoms in total. The van der Waals surface area contributed by atoms with Crippen LogP contribution in [0.2, 0.25) is 0 Å². The Morgan fingerprint density at radius 1 is 0.964 bits per heavy atom. The SMILES string of the molecule is O=C(CSc1cn(Cc2cccc(F)c2)c2ccccc12)Nc1ccccc1. The van der Waals surface area contributed by atoms with E-state index in [-0.39, 0.29) is 11.7 Å². The molecule has 3 aromatic carbocycles. The molecule has 1 amide bonds. The molecule has 0 saturated heterocycles. The number of halogens is 1. The Balaban J connectivity index is 1.52. The van der Waals surface area contributed by atoms with Crippen LogP contribution >= 0.6 is 11.8 Å². The van der Waals surface area contributed by atoms with Gasteiger partial charge in [0.2, 0.25) is 5.91 Å². The minimum absolute atomic E-state index is 0.0434. The lowest BCUT2D eigenvalue weighted by Crippen LogP contribution is -2.13. The molecule has 140 valence electrons. The summed E-state index contributed by atoms with van der Waals surface area (Å²) in [6.45, 7) is 0.578. The smallest absolute Gasteiger partial charge is 0.234 e. The lowest BCUT2D eigenvalue weighted by molar-refractivity contribution is -0.113. The van der Waals surface area contributed by atoms with Gasteiger partial charge in [-0.3, -0.25) is 4.79 Å². The summed E-state index contributed by atoms with van der Waals surface area (Å²) in [5, 5.41) is 4.00. The normalized spacial score (nSPS) is 10.9. The molecule has 5 heteroatoms. The first-order chi connectivity index (χ1) is 13.7. The summed E-state index contributed by atoms with van der Waals surface area (Å²) in [5.74, 6) is 0.0439. The van der Waals surface area contributed by atoms with E-state index < -0.39 is 0 Å². The summed E-state index contributed by atoms with van der Waals surface area (Å²) in [5.41, 5.74) is 2.76. The largest absolute Gasteiger partial charge is 0.342 e. The highest BCUT2D eigenvalue weighted by Crippen LogP contribution is 2.30. The second kappa shape index (κ2) is 8.31. The van der Waals surface area contributed by atoms with Crippen LogP contribution < -0.4 is 5.32 Å². The molecule has 0 aliphatic carbocycles. The number of fused-ring (bicyclic) bond motifs is 1. The molecule has 1 heterocycles. The van der Waals surface area contributed by atoms with Gasteiger partial charge in [0, 0.05) is 34.2 Å². The molecule has 0 saturated carbocycles. The Morgan fingerprint density at radius 2 is 1.75 bits per heavy atom. The van der Waals surface area contributed by atoms with E-state index in [0.29, 0.717) is 12.3 Å². The summed E-state index contributed by atoms with van der Waals surface area (Å²) in [6, 6.07) is 24.1. The lowest BCUT2D eigenvalue weighted by Gasteiger charge is -2.05. The highest BCUT2D eigenvalue weighted by molar-refractivity contribution is 8.00. The van der Waals surface area contributed by atoms with Crippen molar-refractivity contribution < 1.29 is 9.18 Å². The second-order valence-electron chi connectivity index (χ2n) is 6.47. The van der Waals surface area contributed by atoms with Crippen LogP contribution in [0.5, 0.6) is 0 Å². The zero-order chi connectivity index (χ0) is 19.3. The van der Waals surface area contributed by atoms with Crippen LogP contribution in [0.3, 0.4) is 0 Å². The number of rotatable bonds is 6. The first-order valence-electron chi connectivity index (χ1n) is 8.99. The zero-order valence-electron chi connectivity index (χ0n) is 15.1. The van der Waals surface area contributed by atoms with E-state index in [4.69, 9.17) is 0 Å². The van der Waals surface area contributed by atoms with Crippen molar-refractivity contribution in [3.63, 3.8) is 0 Å². The van der Waals surface area contributed by atoms with Crippen LogP contribution in [0, 0.1) is 5.82 Å². The van der Waals surface area contributed by atoms with Crippen LogP contribution in [0.25, 0.3) is 10.9 Å². The van der Waals surface area contributed by atoms with Gasteiger partial charge < -0.3 is 9.88 Å². The van der Waals surface area contributed by atoms with Crippen molar-refractivity contribution >= 4 is 34.3 Å². The molecule has 0 bridgehead atoms. The molecular weight excluding hydrogens is 371 g/mol. The van der Waals surface area contributed by atoms with E-state index in [9.17, 15) is 9.18 Å². The fourth-order valence-corrected chi connectivity index (χ4v) is 4.04. The molecule has 0 unspecified atom stereocenters. The fraction of sp³-hybridized carbons (Fsp3) is 0.0870. The molecule has 28 heavy (non-hydrogen) atoms. The molecule has 0 atom stereocenters. The number of nitrogens with one attached hydrogen (secondary N) is 1. The molecule has 1 N–H and O–H groups in total. The van der Waals surface area contributed by atoms with Crippen molar-refractivity contribution in [2.75, 3.05) is 11.1 Å². The summed E-state index contributed by atoms with van der Waals surface area (Å²) in [7, 11) is 0. The standard InChI is InChI=1S/C23H19FN2OS/c24-18-8-6-7-17(13-18)14-26-15-22(20-11-4-5-12-21(20)26)28-16-23(27)25-19-9-2-1-3-10-19/h1-13,15H,14,16H2,(H,25,27). The summed E-state index contributed by atoms with van der Waals surface area (Å²) in [6.07, 6.45) is 2.04. The molecular formula is C23H19FN2OS. The monoisotopic (exact) mass is 390 g/mol. The van der Waals surface area contributed by atoms with Gasteiger partial charge in [0.05, 0.1) is 5.75 Å². The quantitative estimate of drug-likeness (QED) is 0.437. The third-order valence-electron chi connectivity index (χ3n) is 4.41. The molecule has 1 aromatic heterocycles. The molecule has 0 spiro atoms. The van der Waals surface area contributed by atoms with Crippen molar-refractivity contribution in [2.24, 2.45) is 0 Å². The van der Waals surface area contributed by atoms with Crippen LogP contribution in [-0.2, 0) is 11.3 Å². The van der Waals surface area contributed by atoms with Gasteiger partial charge in [-0.1, -0.05) is 48.5 Å². The van der Waals surface area contributed by atoms with Crippen LogP contribution in [0.4, 0.5) is 10.1 Å². The lowest BCUT2D eigenvalue weighted by atomic mass is 10.2. The van der Waals surface area contributed by atoms with Gasteiger partial charge in [0.15, 0.2) is 0 Å². The minimum atomic E-state index is -0.235. The molecule has 4 aromatic rings. The number of amides is 1. The number of thioether (sulfide) groups is 1. The van der Waals surface area contributed by atoms with Gasteiger partial charge in [-0.15, -0.1) is 11.8 Å². The number of hydrogen-bond donors (Lipinski definition) is 1. The molecule has 4 rings (SSSR count). The number of hydrogen-bond acceptors (Lipinski definition) is 2. The van der Waals surface area contributed by atoms with E-state index in [2.05, 4.69) is 16.0 Å². The van der Waals surface area contributed by atoms with Crippen molar-refractivity contribution in [3.8, 4) is 0 Å². The van der Waals surface area contributed by atoms with E-state index in [0.717, 1.165) is 27.0 Å². The van der Waals surface area contributed by atoms with Crippen LogP contribution in [0.1, 0.15) is 5.56 Å². The zero-order valence-corrected chi connectivity index (χ0v) is 16.0. The Bertz CT molecular complexity index is 1110. The second-order valence-corrected chi connectivity index (χ2v) is 7.49. The number of para-hydroxylation sites is 2. The first-order valence-corrected chi connectivity index (χ1v) is 9.97. The maximum Gasteiger partial charge on any atom is 0.234 e. The maximum atomic E-state index is 13.5. The van der Waals surface area contributed by atoms with E-state index in [1.807, 2.05) is 60.8 Å². The minimum Gasteiger partial charge on any atom is -0.342 e. The van der Waals surface area contributed by atoms with Crippen molar-refractivity contribution in [2.45, 2.75) is 11.4 Å². The molecule has 0 aliphatic heterocycles. The van der Waals surface area contributed by atoms with E-state index >= 15 is 0 Å². The van der Waals surface area contributed by atoms with Gasteiger partial charge in [-0.05, 0) is 35.9 Å². The third kappa shape index (κ3) is 4.26. The molecule has 0 fully saturated rings. The number of nitrogens with zero attached hydrogens (tertiary/aromatic N) is 1. The highest BCUT2D eigenvalue weighted by Gasteiger charge is 2.11. The van der Waals surface area contributed by atoms with Crippen molar-refractivity contribution in [1.82, 2.24) is 4.57 Å². The molecule has 0 radical (unpaired) electrons. The third-order valence-corrected chi connectivity index (χ3v) is 5.45. The topological polar surface area (TPSA) is 34.0 Å². The summed E-state index contributed by atoms with van der Waals surface area (Å²) >= 11 is 1.50. The molecule has 0 aliphatic rings. The first kappa shape index (κ1) is 18.3. The number of aromatic nitrogens is 1. The predicted octanol–water partition coefficient (Wildman–Crippen LogP) is 5.56. The van der Waals surface area contributed by atoms with Gasteiger partial charge >= 0.3 is 0 Å². The highest BCUT2D eigenvalue weighted by atomic mass is 32.2. The average Bonchev–Trinajstić information content (AvgIpc) is 3.05. The average molecular weight is 390 g/mol. The van der Waals surface area contributed by atoms with Gasteiger partial charge in [0.25, 0.3) is 0 Å². The number of benzene rings is 3. The van der Waals surface area contributed by atoms with Gasteiger partial charge in [0.1, 0.15) is 5.82 Å². The Morgan fingerprint density at radius 3 is 2.57 bits per heavy atom. The number of carbonyl (C=O) groups excluding carboxylic acids is 1. The Labute approximate surface area is 167 Å². The van der Waals surface area contributed by atoms with Crippen molar-refractivity contribution in [1.29, 1.82) is 0 Å². The predicted molar refractivity (Wildman–Crippen MR) is 113 cm³/mol. The maximum absolute atomic E-state index is 13.5. The van der Waals surface area contributed by atoms with Crippen molar-refractivity contribution in [3.05, 3.63) is 96.4 Å². The van der Waals surface area contributed by atoms with Crippen LogP contribution in [-0.4, -0.2) is 16.2 Å². The Kier molecular flexibility index (Phi) is 5.44. The Hall–Kier alpha value is -3.05. The van der Waals surface area contributed by atoms with E-state index in [1.54, 1.807) is 12.1 Å². The van der Waals surface area contributed by atoms with E-state index in [1.165, 1.54) is 17.8 Å². The summed E-state index contributed by atoms with van der Waals surface area (Å²) in [4.78, 5) is 13.3. The van der Waals surface area contributed by atoms with Gasteiger partial charge in [-0.25, -0.2) is 4.39 Å².